The predicted octanol–water partition coefficient (Wildman–Crippen LogP) is 6.00. The molecule has 120 valence electrons. The van der Waals surface area contributed by atoms with Crippen molar-refractivity contribution in [3.05, 3.63) is 76.9 Å². The van der Waals surface area contributed by atoms with Gasteiger partial charge < -0.3 is 0 Å². The van der Waals surface area contributed by atoms with E-state index in [1.165, 1.54) is 11.1 Å². The summed E-state index contributed by atoms with van der Waals surface area (Å²) in [6.45, 7) is 10.9. The predicted molar refractivity (Wildman–Crippen MR) is 99.0 cm³/mol. The van der Waals surface area contributed by atoms with Crippen LogP contribution in [0.15, 0.2) is 54.6 Å². The van der Waals surface area contributed by atoms with Crippen molar-refractivity contribution in [2.75, 3.05) is 0 Å². The molecular formula is C22H26O. The molecule has 0 aliphatic rings. The lowest BCUT2D eigenvalue weighted by Crippen LogP contribution is -2.10. The molecule has 0 fully saturated rings. The molecule has 0 radical (unpaired) electrons. The minimum atomic E-state index is 0.0419. The van der Waals surface area contributed by atoms with Gasteiger partial charge in [-0.25, -0.2) is 0 Å². The summed E-state index contributed by atoms with van der Waals surface area (Å²) in [5.41, 5.74) is 4.48. The van der Waals surface area contributed by atoms with E-state index in [4.69, 9.17) is 0 Å². The molecule has 2 rings (SSSR count). The Kier molecular flexibility index (Phi) is 5.20. The van der Waals surface area contributed by atoms with E-state index in [-0.39, 0.29) is 11.2 Å². The fourth-order valence-corrected chi connectivity index (χ4v) is 2.39. The average Bonchev–Trinajstić information content (AvgIpc) is 2.52. The van der Waals surface area contributed by atoms with Crippen LogP contribution in [0.25, 0.3) is 6.08 Å². The van der Waals surface area contributed by atoms with Crippen LogP contribution in [0.1, 0.15) is 67.6 Å². The summed E-state index contributed by atoms with van der Waals surface area (Å²) in [5, 5.41) is 0. The van der Waals surface area contributed by atoms with E-state index < -0.39 is 0 Å². The molecule has 0 saturated carbocycles. The largest absolute Gasteiger partial charge is 0.289 e. The quantitative estimate of drug-likeness (QED) is 0.500. The zero-order chi connectivity index (χ0) is 17.0. The summed E-state index contributed by atoms with van der Waals surface area (Å²) in [6, 6.07) is 16.3. The van der Waals surface area contributed by atoms with E-state index in [9.17, 15) is 4.79 Å². The first-order chi connectivity index (χ1) is 10.8. The lowest BCUT2D eigenvalue weighted by molar-refractivity contribution is 0.104. The SMILES string of the molecule is CC(C)c1ccc(C(=O)C=Cc2ccc(C(C)(C)C)cc2)cc1. The molecule has 0 heterocycles. The maximum atomic E-state index is 12.2. The molecule has 1 heteroatoms. The number of hydrogen-bond donors (Lipinski definition) is 0. The standard InChI is InChI=1S/C22H26O/c1-16(2)18-9-11-19(12-10-18)21(23)15-8-17-6-13-20(14-7-17)22(3,4)5/h6-16H,1-5H3. The number of rotatable bonds is 4. The molecule has 0 aliphatic heterocycles. The summed E-state index contributed by atoms with van der Waals surface area (Å²) in [5.74, 6) is 0.524. The van der Waals surface area contributed by atoms with Crippen LogP contribution in [0.2, 0.25) is 0 Å². The van der Waals surface area contributed by atoms with Crippen LogP contribution in [-0.2, 0) is 5.41 Å². The van der Waals surface area contributed by atoms with Crippen molar-refractivity contribution in [2.24, 2.45) is 0 Å². The van der Waals surface area contributed by atoms with Crippen molar-refractivity contribution in [3.8, 4) is 0 Å². The first kappa shape index (κ1) is 17.2. The van der Waals surface area contributed by atoms with Gasteiger partial charge >= 0.3 is 0 Å². The highest BCUT2D eigenvalue weighted by atomic mass is 16.1. The molecule has 0 bridgehead atoms. The smallest absolute Gasteiger partial charge is 0.185 e. The van der Waals surface area contributed by atoms with Gasteiger partial charge in [-0.15, -0.1) is 0 Å². The summed E-state index contributed by atoms with van der Waals surface area (Å²) >= 11 is 0. The zero-order valence-electron chi connectivity index (χ0n) is 14.8. The second-order valence-electron chi connectivity index (χ2n) is 7.35. The summed E-state index contributed by atoms with van der Waals surface area (Å²) in [4.78, 5) is 12.2. The topological polar surface area (TPSA) is 17.1 Å². The molecule has 0 amide bonds. The van der Waals surface area contributed by atoms with Gasteiger partial charge in [0, 0.05) is 5.56 Å². The van der Waals surface area contributed by atoms with E-state index in [0.29, 0.717) is 5.92 Å². The number of benzene rings is 2. The minimum Gasteiger partial charge on any atom is -0.289 e. The van der Waals surface area contributed by atoms with Crippen LogP contribution in [0.3, 0.4) is 0 Å². The molecule has 0 aromatic heterocycles. The molecule has 23 heavy (non-hydrogen) atoms. The number of hydrogen-bond acceptors (Lipinski definition) is 1. The molecule has 1 nitrogen and oxygen atoms in total. The first-order valence-corrected chi connectivity index (χ1v) is 8.20. The molecule has 0 atom stereocenters. The number of carbonyl (C=O) groups is 1. The van der Waals surface area contributed by atoms with Crippen molar-refractivity contribution >= 4 is 11.9 Å². The van der Waals surface area contributed by atoms with Crippen LogP contribution in [0.4, 0.5) is 0 Å². The fraction of sp³-hybridized carbons (Fsp3) is 0.318. The Hall–Kier alpha value is -2.15. The van der Waals surface area contributed by atoms with Gasteiger partial charge in [0.2, 0.25) is 0 Å². The summed E-state index contributed by atoms with van der Waals surface area (Å²) < 4.78 is 0. The highest BCUT2D eigenvalue weighted by molar-refractivity contribution is 6.06. The Morgan fingerprint density at radius 1 is 0.913 bits per heavy atom. The Morgan fingerprint density at radius 3 is 1.96 bits per heavy atom. The zero-order valence-corrected chi connectivity index (χ0v) is 14.8. The van der Waals surface area contributed by atoms with Gasteiger partial charge in [-0.05, 0) is 34.1 Å². The highest BCUT2D eigenvalue weighted by Gasteiger charge is 2.12. The van der Waals surface area contributed by atoms with Gasteiger partial charge in [0.15, 0.2) is 5.78 Å². The maximum Gasteiger partial charge on any atom is 0.185 e. The van der Waals surface area contributed by atoms with Crippen LogP contribution in [-0.4, -0.2) is 5.78 Å². The van der Waals surface area contributed by atoms with Gasteiger partial charge in [-0.2, -0.15) is 0 Å². The van der Waals surface area contributed by atoms with Crippen molar-refractivity contribution in [1.82, 2.24) is 0 Å². The number of ketones is 1. The van der Waals surface area contributed by atoms with Crippen molar-refractivity contribution < 1.29 is 4.79 Å². The van der Waals surface area contributed by atoms with Crippen LogP contribution in [0.5, 0.6) is 0 Å². The first-order valence-electron chi connectivity index (χ1n) is 8.20. The van der Waals surface area contributed by atoms with Crippen molar-refractivity contribution in [3.63, 3.8) is 0 Å². The Labute approximate surface area is 140 Å². The van der Waals surface area contributed by atoms with Crippen LogP contribution < -0.4 is 0 Å². The van der Waals surface area contributed by atoms with Gasteiger partial charge in [0.25, 0.3) is 0 Å². The second-order valence-corrected chi connectivity index (χ2v) is 7.35. The molecule has 0 N–H and O–H groups in total. The Balaban J connectivity index is 2.08. The summed E-state index contributed by atoms with van der Waals surface area (Å²) in [7, 11) is 0. The van der Waals surface area contributed by atoms with Gasteiger partial charge in [0.05, 0.1) is 0 Å². The van der Waals surface area contributed by atoms with Crippen molar-refractivity contribution in [1.29, 1.82) is 0 Å². The average molecular weight is 306 g/mol. The molecule has 2 aromatic rings. The third-order valence-electron chi connectivity index (χ3n) is 4.07. The van der Waals surface area contributed by atoms with Crippen LogP contribution >= 0.6 is 0 Å². The third-order valence-corrected chi connectivity index (χ3v) is 4.07. The Bertz CT molecular complexity index is 680. The minimum absolute atomic E-state index is 0.0419. The van der Waals surface area contributed by atoms with E-state index in [2.05, 4.69) is 58.9 Å². The highest BCUT2D eigenvalue weighted by Crippen LogP contribution is 2.22. The fourth-order valence-electron chi connectivity index (χ4n) is 2.39. The molecule has 2 aromatic carbocycles. The van der Waals surface area contributed by atoms with Crippen molar-refractivity contribution in [2.45, 2.75) is 46.0 Å². The van der Waals surface area contributed by atoms with E-state index in [0.717, 1.165) is 11.1 Å². The number of carbonyl (C=O) groups excluding carboxylic acids is 1. The molecule has 0 aliphatic carbocycles. The van der Waals surface area contributed by atoms with E-state index in [1.54, 1.807) is 6.08 Å². The molecule has 0 spiro atoms. The Morgan fingerprint density at radius 2 is 1.48 bits per heavy atom. The molecular weight excluding hydrogens is 280 g/mol. The third kappa shape index (κ3) is 4.66. The second kappa shape index (κ2) is 6.95. The van der Waals surface area contributed by atoms with E-state index in [1.807, 2.05) is 30.3 Å². The monoisotopic (exact) mass is 306 g/mol. The normalized spacial score (nSPS) is 12.1. The van der Waals surface area contributed by atoms with Crippen LogP contribution in [0, 0.1) is 0 Å². The van der Waals surface area contributed by atoms with Gasteiger partial charge in [0.1, 0.15) is 0 Å². The van der Waals surface area contributed by atoms with Gasteiger partial charge in [-0.1, -0.05) is 89.2 Å². The molecule has 0 unspecified atom stereocenters. The lowest BCUT2D eigenvalue weighted by Gasteiger charge is -2.18. The molecule has 0 saturated heterocycles. The van der Waals surface area contributed by atoms with E-state index >= 15 is 0 Å². The summed E-state index contributed by atoms with van der Waals surface area (Å²) in [6.07, 6.45) is 3.53. The lowest BCUT2D eigenvalue weighted by atomic mass is 9.87. The van der Waals surface area contributed by atoms with Gasteiger partial charge in [-0.3, -0.25) is 4.79 Å². The maximum absolute atomic E-state index is 12.2. The number of allylic oxidation sites excluding steroid dienone is 1.